The second kappa shape index (κ2) is 19.3. The first-order valence-corrected chi connectivity index (χ1v) is 25.1. The molecule has 0 radical (unpaired) electrons. The number of aryl methyl sites for hydroxylation is 1. The Morgan fingerprint density at radius 3 is 2.05 bits per heavy atom. The van der Waals surface area contributed by atoms with Crippen molar-refractivity contribution < 1.29 is 0 Å². The van der Waals surface area contributed by atoms with Crippen LogP contribution in [0.5, 0.6) is 0 Å². The van der Waals surface area contributed by atoms with E-state index in [1.54, 1.807) is 0 Å². The molecular weight excluding hydrogens is 803 g/mol. The van der Waals surface area contributed by atoms with E-state index in [9.17, 15) is 0 Å². The lowest BCUT2D eigenvalue weighted by Gasteiger charge is -2.37. The van der Waals surface area contributed by atoms with Crippen molar-refractivity contribution in [3.8, 4) is 11.1 Å². The smallest absolute Gasteiger partial charge is 0.0710 e. The summed E-state index contributed by atoms with van der Waals surface area (Å²) in [7, 11) is 0. The van der Waals surface area contributed by atoms with Crippen molar-refractivity contribution in [3.05, 3.63) is 226 Å². The average Bonchev–Trinajstić information content (AvgIpc) is 3.93. The Hall–Kier alpha value is -6.48. The van der Waals surface area contributed by atoms with Crippen LogP contribution in [0.3, 0.4) is 0 Å². The summed E-state index contributed by atoms with van der Waals surface area (Å²) in [6, 6.07) is 55.3. The van der Waals surface area contributed by atoms with Crippen LogP contribution < -0.4 is 4.90 Å². The standard InChI is InChI=1S/C57H43NS.3C2H6/c1-3-17-40(18-4-1)57(52-27-12-9-24-46(52)47-25-10-13-28-53(47)57)41-19-15-22-44(37-41)58(42-20-5-2-6-21-42)43-32-30-38(31-33-43)51-36-39-16-7-8-23-45(39)55-49(51)34-35-50-48-26-11-14-29-54(48)59-56(50)55;3*1-2/h1-5,7-9,11-13,15-20,22-24,26-28,30-37H,6,10,14,21,25,29H2;3*1-2H3. The van der Waals surface area contributed by atoms with Gasteiger partial charge in [-0.15, -0.1) is 11.3 Å². The van der Waals surface area contributed by atoms with Gasteiger partial charge in [-0.05, 0) is 141 Å². The molecule has 0 N–H and O–H groups in total. The number of thiophene rings is 1. The summed E-state index contributed by atoms with van der Waals surface area (Å²) in [5, 5.41) is 6.73. The molecule has 0 spiro atoms. The summed E-state index contributed by atoms with van der Waals surface area (Å²) in [5.41, 5.74) is 15.5. The van der Waals surface area contributed by atoms with Gasteiger partial charge >= 0.3 is 0 Å². The Labute approximate surface area is 391 Å². The minimum absolute atomic E-state index is 0.406. The van der Waals surface area contributed by atoms with E-state index in [0.717, 1.165) is 38.5 Å². The van der Waals surface area contributed by atoms with Gasteiger partial charge in [0, 0.05) is 37.4 Å². The highest BCUT2D eigenvalue weighted by Gasteiger charge is 2.47. The molecule has 2 heteroatoms. The molecule has 7 aromatic carbocycles. The van der Waals surface area contributed by atoms with Gasteiger partial charge in [0.15, 0.2) is 0 Å². The molecule has 0 bridgehead atoms. The van der Waals surface area contributed by atoms with Gasteiger partial charge in [-0.1, -0.05) is 193 Å². The molecule has 1 heterocycles. The molecule has 65 heavy (non-hydrogen) atoms. The maximum Gasteiger partial charge on any atom is 0.0710 e. The molecule has 1 unspecified atom stereocenters. The maximum absolute atomic E-state index is 2.51. The van der Waals surface area contributed by atoms with Gasteiger partial charge in [0.2, 0.25) is 0 Å². The van der Waals surface area contributed by atoms with E-state index in [1.807, 2.05) is 52.9 Å². The molecule has 0 saturated carbocycles. The summed E-state index contributed by atoms with van der Waals surface area (Å²) in [4.78, 5) is 4.03. The molecule has 1 atom stereocenters. The molecule has 1 nitrogen and oxygen atoms in total. The first-order valence-electron chi connectivity index (χ1n) is 24.3. The predicted molar refractivity (Wildman–Crippen MR) is 287 cm³/mol. The predicted octanol–water partition coefficient (Wildman–Crippen LogP) is 18.7. The third kappa shape index (κ3) is 7.43. The van der Waals surface area contributed by atoms with Crippen LogP contribution in [-0.4, -0.2) is 0 Å². The Morgan fingerprint density at radius 2 is 1.23 bits per heavy atom. The highest BCUT2D eigenvalue weighted by Crippen LogP contribution is 2.57. The Balaban J connectivity index is 0.000000855. The fourth-order valence-corrected chi connectivity index (χ4v) is 12.1. The molecule has 1 aromatic heterocycles. The summed E-state index contributed by atoms with van der Waals surface area (Å²) in [6.07, 6.45) is 22.7. The third-order valence-corrected chi connectivity index (χ3v) is 14.6. The van der Waals surface area contributed by atoms with Crippen molar-refractivity contribution in [3.63, 3.8) is 0 Å². The zero-order valence-electron chi connectivity index (χ0n) is 39.0. The molecule has 0 fully saturated rings. The summed E-state index contributed by atoms with van der Waals surface area (Å²) < 4.78 is 1.42. The number of hydrogen-bond acceptors (Lipinski definition) is 2. The van der Waals surface area contributed by atoms with E-state index in [0.29, 0.717) is 0 Å². The van der Waals surface area contributed by atoms with E-state index in [4.69, 9.17) is 0 Å². The molecule has 0 amide bonds. The van der Waals surface area contributed by atoms with Crippen LogP contribution in [0.25, 0.3) is 54.4 Å². The zero-order chi connectivity index (χ0) is 44.9. The van der Waals surface area contributed by atoms with Gasteiger partial charge in [-0.2, -0.15) is 0 Å². The molecule has 324 valence electrons. The number of allylic oxidation sites excluding steroid dienone is 9. The van der Waals surface area contributed by atoms with E-state index >= 15 is 0 Å². The minimum Gasteiger partial charge on any atom is -0.314 e. The zero-order valence-corrected chi connectivity index (χ0v) is 39.8. The second-order valence-electron chi connectivity index (χ2n) is 16.4. The number of benzene rings is 7. The maximum atomic E-state index is 2.51. The van der Waals surface area contributed by atoms with Crippen molar-refractivity contribution in [1.82, 2.24) is 0 Å². The topological polar surface area (TPSA) is 3.24 Å². The molecule has 8 aromatic rings. The van der Waals surface area contributed by atoms with Crippen LogP contribution in [0.4, 0.5) is 11.4 Å². The first-order chi connectivity index (χ1) is 32.3. The van der Waals surface area contributed by atoms with Crippen molar-refractivity contribution >= 4 is 66.0 Å². The number of hydrogen-bond donors (Lipinski definition) is 0. The molecular formula is C63H61NS. The van der Waals surface area contributed by atoms with Crippen molar-refractivity contribution in [2.45, 2.75) is 85.5 Å². The lowest BCUT2D eigenvalue weighted by molar-refractivity contribution is 0.756. The SMILES string of the molecule is C1=CCCC(N(c2ccc(-c3cc4ccccc4c4c3ccc3c5c(sc34)CCC=C5)cc2)c2cccc(C3(c4ccccc4)C4=C(CCC=C4)c4ccccc43)c2)=C1.CC.CC.CC. The van der Waals surface area contributed by atoms with E-state index < -0.39 is 5.41 Å². The van der Waals surface area contributed by atoms with Gasteiger partial charge in [0.25, 0.3) is 0 Å². The van der Waals surface area contributed by atoms with Gasteiger partial charge in [0.1, 0.15) is 0 Å². The normalized spacial score (nSPS) is 16.6. The number of nitrogens with zero attached hydrogens (tertiary/aromatic N) is 1. The number of fused-ring (bicyclic) bond motifs is 9. The van der Waals surface area contributed by atoms with Gasteiger partial charge < -0.3 is 4.90 Å². The monoisotopic (exact) mass is 863 g/mol. The fraction of sp³-hybridized carbons (Fsp3) is 0.206. The Morgan fingerprint density at radius 1 is 0.523 bits per heavy atom. The first kappa shape index (κ1) is 43.8. The summed E-state index contributed by atoms with van der Waals surface area (Å²) >= 11 is 2.00. The second-order valence-corrected chi connectivity index (χ2v) is 17.5. The van der Waals surface area contributed by atoms with Crippen molar-refractivity contribution in [1.29, 1.82) is 0 Å². The van der Waals surface area contributed by atoms with Crippen LogP contribution in [0, 0.1) is 0 Å². The molecule has 0 saturated heterocycles. The Kier molecular flexibility index (Phi) is 13.0. The number of rotatable bonds is 6. The Bertz CT molecular complexity index is 3150. The molecule has 4 aliphatic carbocycles. The van der Waals surface area contributed by atoms with E-state index in [1.165, 1.54) is 104 Å². The van der Waals surface area contributed by atoms with Gasteiger partial charge in [-0.3, -0.25) is 0 Å². The van der Waals surface area contributed by atoms with E-state index in [2.05, 4.69) is 193 Å². The fourth-order valence-electron chi connectivity index (χ4n) is 10.7. The van der Waals surface area contributed by atoms with Crippen molar-refractivity contribution in [2.75, 3.05) is 4.90 Å². The van der Waals surface area contributed by atoms with Gasteiger partial charge in [-0.25, -0.2) is 0 Å². The third-order valence-electron chi connectivity index (χ3n) is 13.3. The van der Waals surface area contributed by atoms with Crippen LogP contribution in [-0.2, 0) is 11.8 Å². The summed E-state index contributed by atoms with van der Waals surface area (Å²) in [5.74, 6) is 0. The lowest BCUT2D eigenvalue weighted by Crippen LogP contribution is -2.30. The highest BCUT2D eigenvalue weighted by atomic mass is 32.1. The largest absolute Gasteiger partial charge is 0.314 e. The van der Waals surface area contributed by atoms with Crippen LogP contribution >= 0.6 is 11.3 Å². The molecule has 4 aliphatic rings. The quantitative estimate of drug-likeness (QED) is 0.151. The number of anilines is 2. The highest BCUT2D eigenvalue weighted by molar-refractivity contribution is 7.20. The van der Waals surface area contributed by atoms with Crippen LogP contribution in [0.15, 0.2) is 193 Å². The summed E-state index contributed by atoms with van der Waals surface area (Å²) in [6.45, 7) is 12.0. The van der Waals surface area contributed by atoms with Crippen molar-refractivity contribution in [2.24, 2.45) is 0 Å². The molecule has 12 rings (SSSR count). The minimum atomic E-state index is -0.406. The van der Waals surface area contributed by atoms with Gasteiger partial charge in [0.05, 0.1) is 5.41 Å². The lowest BCUT2D eigenvalue weighted by atomic mass is 9.66. The van der Waals surface area contributed by atoms with Crippen LogP contribution in [0.1, 0.15) is 106 Å². The van der Waals surface area contributed by atoms with E-state index in [-0.39, 0.29) is 0 Å². The average molecular weight is 864 g/mol. The molecule has 0 aliphatic heterocycles. The van der Waals surface area contributed by atoms with Crippen LogP contribution in [0.2, 0.25) is 0 Å².